The molecule has 1 N–H and O–H groups in total. The summed E-state index contributed by atoms with van der Waals surface area (Å²) < 4.78 is 1.87. The minimum absolute atomic E-state index is 0.0312. The van der Waals surface area contributed by atoms with Crippen LogP contribution in [0, 0.1) is 10.1 Å². The molecule has 21 heavy (non-hydrogen) atoms. The van der Waals surface area contributed by atoms with E-state index in [1.807, 2.05) is 4.57 Å². The molecule has 0 saturated heterocycles. The van der Waals surface area contributed by atoms with Crippen molar-refractivity contribution in [1.82, 2.24) is 14.9 Å². The highest BCUT2D eigenvalue weighted by atomic mass is 35.5. The maximum atomic E-state index is 11.1. The summed E-state index contributed by atoms with van der Waals surface area (Å²) in [5, 5.41) is 14.8. The fourth-order valence-corrected chi connectivity index (χ4v) is 2.30. The van der Waals surface area contributed by atoms with Crippen LogP contribution in [0.3, 0.4) is 0 Å². The standard InChI is InChI=1S/C14H17ClN4O2/c1-2-6-16-9-14-17-7-8-18(14)10-11-12(15)4-3-5-13(11)19(20)21/h3-5,7-8,16H,2,6,9-10H2,1H3. The van der Waals surface area contributed by atoms with Crippen LogP contribution in [0.25, 0.3) is 0 Å². The van der Waals surface area contributed by atoms with Crippen molar-refractivity contribution < 1.29 is 4.92 Å². The number of hydrogen-bond donors (Lipinski definition) is 1. The molecule has 0 saturated carbocycles. The van der Waals surface area contributed by atoms with Gasteiger partial charge in [-0.1, -0.05) is 24.6 Å². The Labute approximate surface area is 127 Å². The Balaban J connectivity index is 2.23. The van der Waals surface area contributed by atoms with E-state index in [0.29, 0.717) is 23.7 Å². The second-order valence-corrected chi connectivity index (χ2v) is 5.05. The fraction of sp³-hybridized carbons (Fsp3) is 0.357. The van der Waals surface area contributed by atoms with Gasteiger partial charge in [-0.2, -0.15) is 0 Å². The number of nitro benzene ring substituents is 1. The maximum absolute atomic E-state index is 11.1. The van der Waals surface area contributed by atoms with Crippen LogP contribution in [0.15, 0.2) is 30.6 Å². The molecule has 1 heterocycles. The Morgan fingerprint density at radius 3 is 3.00 bits per heavy atom. The second kappa shape index (κ2) is 7.19. The van der Waals surface area contributed by atoms with Gasteiger partial charge in [0.25, 0.3) is 5.69 Å². The van der Waals surface area contributed by atoms with Crippen LogP contribution in [0.4, 0.5) is 5.69 Å². The fourth-order valence-electron chi connectivity index (χ4n) is 2.07. The van der Waals surface area contributed by atoms with Crippen molar-refractivity contribution in [3.05, 3.63) is 57.1 Å². The summed E-state index contributed by atoms with van der Waals surface area (Å²) >= 11 is 6.12. The van der Waals surface area contributed by atoms with Crippen molar-refractivity contribution in [3.63, 3.8) is 0 Å². The first-order valence-electron chi connectivity index (χ1n) is 6.76. The SMILES string of the molecule is CCCNCc1nccn1Cc1c(Cl)cccc1[N+](=O)[O-]. The number of rotatable bonds is 7. The van der Waals surface area contributed by atoms with Gasteiger partial charge >= 0.3 is 0 Å². The molecule has 0 fully saturated rings. The smallest absolute Gasteiger partial charge is 0.275 e. The molecule has 0 bridgehead atoms. The molecule has 2 rings (SSSR count). The molecule has 0 radical (unpaired) electrons. The molecule has 0 spiro atoms. The van der Waals surface area contributed by atoms with Gasteiger partial charge in [-0.05, 0) is 19.0 Å². The average molecular weight is 309 g/mol. The first kappa shape index (κ1) is 15.5. The number of nitro groups is 1. The van der Waals surface area contributed by atoms with Crippen LogP contribution in [-0.2, 0) is 13.1 Å². The summed E-state index contributed by atoms with van der Waals surface area (Å²) in [6.45, 7) is 3.95. The van der Waals surface area contributed by atoms with E-state index in [4.69, 9.17) is 11.6 Å². The van der Waals surface area contributed by atoms with Crippen LogP contribution in [-0.4, -0.2) is 21.0 Å². The van der Waals surface area contributed by atoms with Crippen LogP contribution in [0.1, 0.15) is 24.7 Å². The van der Waals surface area contributed by atoms with Crippen molar-refractivity contribution in [2.24, 2.45) is 0 Å². The third-order valence-electron chi connectivity index (χ3n) is 3.13. The van der Waals surface area contributed by atoms with Gasteiger partial charge in [-0.25, -0.2) is 4.98 Å². The van der Waals surface area contributed by atoms with E-state index >= 15 is 0 Å². The molecule has 0 aliphatic rings. The average Bonchev–Trinajstić information content (AvgIpc) is 2.88. The van der Waals surface area contributed by atoms with Gasteiger partial charge in [-0.3, -0.25) is 10.1 Å². The zero-order valence-corrected chi connectivity index (χ0v) is 12.5. The summed E-state index contributed by atoms with van der Waals surface area (Å²) in [6, 6.07) is 4.71. The largest absolute Gasteiger partial charge is 0.329 e. The molecule has 2 aromatic rings. The zero-order chi connectivity index (χ0) is 15.2. The molecule has 0 atom stereocenters. The Morgan fingerprint density at radius 2 is 2.29 bits per heavy atom. The number of nitrogens with one attached hydrogen (secondary N) is 1. The van der Waals surface area contributed by atoms with E-state index in [0.717, 1.165) is 18.8 Å². The molecule has 0 unspecified atom stereocenters. The van der Waals surface area contributed by atoms with E-state index in [9.17, 15) is 10.1 Å². The molecule has 1 aromatic carbocycles. The second-order valence-electron chi connectivity index (χ2n) is 4.64. The lowest BCUT2D eigenvalue weighted by Crippen LogP contribution is -2.18. The minimum atomic E-state index is -0.410. The number of halogens is 1. The summed E-state index contributed by atoms with van der Waals surface area (Å²) in [4.78, 5) is 15.0. The van der Waals surface area contributed by atoms with Gasteiger partial charge in [0.1, 0.15) is 5.82 Å². The molecule has 1 aromatic heterocycles. The third-order valence-corrected chi connectivity index (χ3v) is 3.48. The highest BCUT2D eigenvalue weighted by Crippen LogP contribution is 2.27. The summed E-state index contributed by atoms with van der Waals surface area (Å²) in [7, 11) is 0. The lowest BCUT2D eigenvalue weighted by molar-refractivity contribution is -0.385. The van der Waals surface area contributed by atoms with Gasteiger partial charge < -0.3 is 9.88 Å². The van der Waals surface area contributed by atoms with E-state index in [1.54, 1.807) is 24.5 Å². The quantitative estimate of drug-likeness (QED) is 0.485. The Kier molecular flexibility index (Phi) is 5.30. The van der Waals surface area contributed by atoms with Crippen molar-refractivity contribution in [2.45, 2.75) is 26.4 Å². The summed E-state index contributed by atoms with van der Waals surface area (Å²) in [5.74, 6) is 0.831. The highest BCUT2D eigenvalue weighted by molar-refractivity contribution is 6.31. The third kappa shape index (κ3) is 3.80. The van der Waals surface area contributed by atoms with Crippen LogP contribution >= 0.6 is 11.6 Å². The van der Waals surface area contributed by atoms with Crippen LogP contribution in [0.2, 0.25) is 5.02 Å². The molecule has 0 aliphatic heterocycles. The highest BCUT2D eigenvalue weighted by Gasteiger charge is 2.17. The number of benzene rings is 1. The van der Waals surface area contributed by atoms with Crippen molar-refractivity contribution >= 4 is 17.3 Å². The number of imidazole rings is 1. The van der Waals surface area contributed by atoms with Gasteiger partial charge in [0.15, 0.2) is 0 Å². The zero-order valence-electron chi connectivity index (χ0n) is 11.8. The molecule has 7 heteroatoms. The first-order chi connectivity index (χ1) is 10.1. The monoisotopic (exact) mass is 308 g/mol. The summed E-state index contributed by atoms with van der Waals surface area (Å²) in [6.07, 6.45) is 4.53. The number of aromatic nitrogens is 2. The predicted molar refractivity (Wildman–Crippen MR) is 81.4 cm³/mol. The normalized spacial score (nSPS) is 10.8. The lowest BCUT2D eigenvalue weighted by Gasteiger charge is -2.10. The molecular formula is C14H17ClN4O2. The summed E-state index contributed by atoms with van der Waals surface area (Å²) in [5.41, 5.74) is 0.530. The Hall–Kier alpha value is -1.92. The van der Waals surface area contributed by atoms with Crippen LogP contribution < -0.4 is 5.32 Å². The number of hydrogen-bond acceptors (Lipinski definition) is 4. The van der Waals surface area contributed by atoms with Crippen molar-refractivity contribution in [3.8, 4) is 0 Å². The first-order valence-corrected chi connectivity index (χ1v) is 7.13. The lowest BCUT2D eigenvalue weighted by atomic mass is 10.1. The van der Waals surface area contributed by atoms with E-state index in [2.05, 4.69) is 17.2 Å². The molecular weight excluding hydrogens is 292 g/mol. The maximum Gasteiger partial charge on any atom is 0.275 e. The number of nitrogens with zero attached hydrogens (tertiary/aromatic N) is 3. The predicted octanol–water partition coefficient (Wildman–Crippen LogP) is 2.99. The van der Waals surface area contributed by atoms with Gasteiger partial charge in [-0.15, -0.1) is 0 Å². The minimum Gasteiger partial charge on any atom is -0.329 e. The molecule has 0 aliphatic carbocycles. The van der Waals surface area contributed by atoms with Gasteiger partial charge in [0.05, 0.1) is 28.6 Å². The molecule has 0 amide bonds. The van der Waals surface area contributed by atoms with Gasteiger partial charge in [0, 0.05) is 18.5 Å². The van der Waals surface area contributed by atoms with E-state index < -0.39 is 4.92 Å². The van der Waals surface area contributed by atoms with Crippen molar-refractivity contribution in [1.29, 1.82) is 0 Å². The van der Waals surface area contributed by atoms with E-state index in [-0.39, 0.29) is 5.69 Å². The molecule has 6 nitrogen and oxygen atoms in total. The van der Waals surface area contributed by atoms with E-state index in [1.165, 1.54) is 6.07 Å². The Morgan fingerprint density at radius 1 is 1.48 bits per heavy atom. The van der Waals surface area contributed by atoms with Gasteiger partial charge in [0.2, 0.25) is 0 Å². The topological polar surface area (TPSA) is 73.0 Å². The van der Waals surface area contributed by atoms with Crippen molar-refractivity contribution in [2.75, 3.05) is 6.54 Å². The Bertz CT molecular complexity index is 627. The van der Waals surface area contributed by atoms with Crippen LogP contribution in [0.5, 0.6) is 0 Å². The molecule has 112 valence electrons.